The normalized spacial score (nSPS) is 13.8. The molecule has 0 saturated heterocycles. The van der Waals surface area contributed by atoms with Crippen molar-refractivity contribution in [2.45, 2.75) is 45.4 Å². The number of rotatable bonds is 7. The third-order valence-electron chi connectivity index (χ3n) is 15.6. The van der Waals surface area contributed by atoms with E-state index in [1.54, 1.807) is 0 Å². The average molecular weight is 885 g/mol. The highest BCUT2D eigenvalue weighted by Crippen LogP contribution is 2.53. The summed E-state index contributed by atoms with van der Waals surface area (Å²) in [4.78, 5) is 2.48. The number of nitrogens with zero attached hydrogens (tertiary/aromatic N) is 2. The summed E-state index contributed by atoms with van der Waals surface area (Å²) < 4.78 is 2.43. The number of hydrogen-bond acceptors (Lipinski definition) is 1. The van der Waals surface area contributed by atoms with Gasteiger partial charge < -0.3 is 9.47 Å². The maximum Gasteiger partial charge on any atom is 0.0547 e. The fourth-order valence-electron chi connectivity index (χ4n) is 11.9. The summed E-state index contributed by atoms with van der Waals surface area (Å²) in [6, 6.07) is 83.5. The topological polar surface area (TPSA) is 8.17 Å². The van der Waals surface area contributed by atoms with E-state index in [0.717, 1.165) is 22.7 Å². The summed E-state index contributed by atoms with van der Waals surface area (Å²) in [5, 5.41) is 2.50. The van der Waals surface area contributed by atoms with Crippen LogP contribution in [-0.2, 0) is 10.8 Å². The Hall–Kier alpha value is -8.20. The largest absolute Gasteiger partial charge is 0.310 e. The number of anilines is 3. The van der Waals surface area contributed by atoms with E-state index in [1.165, 1.54) is 105 Å². The lowest BCUT2D eigenvalue weighted by Gasteiger charge is -2.30. The first-order chi connectivity index (χ1) is 33.6. The zero-order valence-corrected chi connectivity index (χ0v) is 39.8. The van der Waals surface area contributed by atoms with Gasteiger partial charge in [-0.15, -0.1) is 0 Å². The molecular formula is C67H52N2. The molecule has 2 heteroatoms. The highest BCUT2D eigenvalue weighted by atomic mass is 15.1. The van der Waals surface area contributed by atoms with Crippen molar-refractivity contribution in [2.75, 3.05) is 4.90 Å². The first kappa shape index (κ1) is 41.0. The van der Waals surface area contributed by atoms with Gasteiger partial charge in [-0.2, -0.15) is 0 Å². The van der Waals surface area contributed by atoms with Gasteiger partial charge in [0, 0.05) is 44.4 Å². The van der Waals surface area contributed by atoms with Crippen LogP contribution in [0, 0.1) is 6.92 Å². The molecule has 2 nitrogen and oxygen atoms in total. The van der Waals surface area contributed by atoms with Gasteiger partial charge in [0.25, 0.3) is 0 Å². The van der Waals surface area contributed by atoms with Crippen molar-refractivity contribution >= 4 is 38.9 Å². The molecule has 0 N–H and O–H groups in total. The van der Waals surface area contributed by atoms with E-state index in [0.29, 0.717) is 0 Å². The minimum atomic E-state index is -0.118. The van der Waals surface area contributed by atoms with Gasteiger partial charge in [-0.25, -0.2) is 0 Å². The second-order valence-corrected chi connectivity index (χ2v) is 20.2. The van der Waals surface area contributed by atoms with Crippen molar-refractivity contribution in [3.05, 3.63) is 252 Å². The van der Waals surface area contributed by atoms with E-state index < -0.39 is 0 Å². The molecule has 11 aromatic rings. The van der Waals surface area contributed by atoms with Gasteiger partial charge in [-0.3, -0.25) is 0 Å². The van der Waals surface area contributed by atoms with Gasteiger partial charge in [0.2, 0.25) is 0 Å². The summed E-state index contributed by atoms with van der Waals surface area (Å²) in [5.74, 6) is 0. The SMILES string of the molecule is Cc1cc(N(c2ccc3c(c2)C(C)(C)c2ccccc2-3)c2ccc3c(c2)C(C)(C)c2ccccc2-3)ccc1-c1ccc2c3ccccc3n(-c3ccc(-c4ccc(-c5ccccc5)cc4)cc3)c2c1. The maximum atomic E-state index is 2.48. The number of aromatic nitrogens is 1. The van der Waals surface area contributed by atoms with E-state index in [2.05, 4.69) is 269 Å². The van der Waals surface area contributed by atoms with Crippen LogP contribution in [0.2, 0.25) is 0 Å². The predicted molar refractivity (Wildman–Crippen MR) is 292 cm³/mol. The number of para-hydroxylation sites is 1. The summed E-state index contributed by atoms with van der Waals surface area (Å²) in [7, 11) is 0. The number of hydrogen-bond donors (Lipinski definition) is 0. The fourth-order valence-corrected chi connectivity index (χ4v) is 11.9. The molecule has 0 aliphatic heterocycles. The molecule has 0 bridgehead atoms. The summed E-state index contributed by atoms with van der Waals surface area (Å²) in [5.41, 5.74) is 26.1. The zero-order chi connectivity index (χ0) is 46.6. The van der Waals surface area contributed by atoms with Crippen molar-refractivity contribution in [2.24, 2.45) is 0 Å². The quantitative estimate of drug-likeness (QED) is 0.155. The van der Waals surface area contributed by atoms with E-state index in [4.69, 9.17) is 0 Å². The zero-order valence-electron chi connectivity index (χ0n) is 39.8. The van der Waals surface area contributed by atoms with Crippen LogP contribution in [0.4, 0.5) is 17.1 Å². The molecule has 0 radical (unpaired) electrons. The van der Waals surface area contributed by atoms with E-state index >= 15 is 0 Å². The van der Waals surface area contributed by atoms with Crippen molar-refractivity contribution in [3.8, 4) is 61.3 Å². The van der Waals surface area contributed by atoms with Crippen LogP contribution >= 0.6 is 0 Å². The molecule has 2 aliphatic rings. The molecule has 69 heavy (non-hydrogen) atoms. The molecule has 13 rings (SSSR count). The van der Waals surface area contributed by atoms with Crippen molar-refractivity contribution < 1.29 is 0 Å². The third kappa shape index (κ3) is 6.39. The van der Waals surface area contributed by atoms with Gasteiger partial charge in [0.05, 0.1) is 11.0 Å². The predicted octanol–water partition coefficient (Wildman–Crippen LogP) is 18.2. The van der Waals surface area contributed by atoms with Crippen LogP contribution in [0.25, 0.3) is 83.1 Å². The van der Waals surface area contributed by atoms with Gasteiger partial charge in [0.1, 0.15) is 0 Å². The molecule has 10 aromatic carbocycles. The summed E-state index contributed by atoms with van der Waals surface area (Å²) in [6.45, 7) is 11.8. The first-order valence-electron chi connectivity index (χ1n) is 24.3. The van der Waals surface area contributed by atoms with Gasteiger partial charge in [-0.1, -0.05) is 191 Å². The van der Waals surface area contributed by atoms with E-state index in [9.17, 15) is 0 Å². The molecule has 0 atom stereocenters. The summed E-state index contributed by atoms with van der Waals surface area (Å²) in [6.07, 6.45) is 0. The minimum absolute atomic E-state index is 0.118. The number of fused-ring (bicyclic) bond motifs is 9. The minimum Gasteiger partial charge on any atom is -0.310 e. The lowest BCUT2D eigenvalue weighted by atomic mass is 9.82. The van der Waals surface area contributed by atoms with Crippen molar-refractivity contribution in [3.63, 3.8) is 0 Å². The Morgan fingerprint density at radius 3 is 1.33 bits per heavy atom. The lowest BCUT2D eigenvalue weighted by Crippen LogP contribution is -2.18. The van der Waals surface area contributed by atoms with Crippen LogP contribution in [0.3, 0.4) is 0 Å². The highest BCUT2D eigenvalue weighted by Gasteiger charge is 2.38. The Kier molecular flexibility index (Phi) is 9.17. The Bertz CT molecular complexity index is 3720. The van der Waals surface area contributed by atoms with Crippen LogP contribution in [-0.4, -0.2) is 4.57 Å². The monoisotopic (exact) mass is 884 g/mol. The van der Waals surface area contributed by atoms with Crippen LogP contribution in [0.15, 0.2) is 224 Å². The standard InChI is InChI=1S/C67H52N2/c1-43-39-50(68(51-33-37-56-54-17-9-12-20-60(54)66(2,3)62(56)41-51)52-34-38-57-55-18-10-13-21-61(55)67(4,5)63(57)42-52)32-36-53(43)48-29-35-59-58-19-11-14-22-64(58)69(65(59)40-48)49-30-27-47(28-31-49)46-25-23-45(24-26-46)44-15-7-6-8-16-44/h6-42H,1-5H3. The van der Waals surface area contributed by atoms with Gasteiger partial charge in [0.15, 0.2) is 0 Å². The Labute approximate surface area is 405 Å². The maximum absolute atomic E-state index is 2.48. The highest BCUT2D eigenvalue weighted by molar-refractivity contribution is 6.10. The molecule has 0 fully saturated rings. The molecule has 0 spiro atoms. The fraction of sp³-hybridized carbons (Fsp3) is 0.104. The van der Waals surface area contributed by atoms with Gasteiger partial charge in [-0.05, 0) is 151 Å². The van der Waals surface area contributed by atoms with Crippen LogP contribution in [0.1, 0.15) is 55.5 Å². The molecule has 1 aromatic heterocycles. The first-order valence-corrected chi connectivity index (χ1v) is 24.3. The van der Waals surface area contributed by atoms with Crippen LogP contribution in [0.5, 0.6) is 0 Å². The molecule has 0 saturated carbocycles. The van der Waals surface area contributed by atoms with Gasteiger partial charge >= 0.3 is 0 Å². The summed E-state index contributed by atoms with van der Waals surface area (Å²) >= 11 is 0. The Balaban J connectivity index is 0.900. The van der Waals surface area contributed by atoms with E-state index in [-0.39, 0.29) is 10.8 Å². The average Bonchev–Trinajstić information content (AvgIpc) is 3.93. The lowest BCUT2D eigenvalue weighted by molar-refractivity contribution is 0.660. The Morgan fingerprint density at radius 2 is 0.754 bits per heavy atom. The molecule has 0 unspecified atom stereocenters. The van der Waals surface area contributed by atoms with E-state index in [1.807, 2.05) is 0 Å². The molecule has 0 amide bonds. The number of benzene rings is 10. The molecule has 330 valence electrons. The van der Waals surface area contributed by atoms with Crippen LogP contribution < -0.4 is 4.90 Å². The molecule has 2 aliphatic carbocycles. The molecule has 1 heterocycles. The Morgan fingerprint density at radius 1 is 0.319 bits per heavy atom. The third-order valence-corrected chi connectivity index (χ3v) is 15.6. The second-order valence-electron chi connectivity index (χ2n) is 20.2. The smallest absolute Gasteiger partial charge is 0.0547 e. The van der Waals surface area contributed by atoms with Crippen molar-refractivity contribution in [1.82, 2.24) is 4.57 Å². The second kappa shape index (κ2) is 15.4. The number of aryl methyl sites for hydroxylation is 1. The molecular weight excluding hydrogens is 833 g/mol. The van der Waals surface area contributed by atoms with Crippen molar-refractivity contribution in [1.29, 1.82) is 0 Å².